The molecule has 0 fully saturated rings. The second kappa shape index (κ2) is 7.63. The topological polar surface area (TPSA) is 107 Å². The summed E-state index contributed by atoms with van der Waals surface area (Å²) in [5, 5.41) is 14.4. The maximum atomic E-state index is 13.0. The summed E-state index contributed by atoms with van der Waals surface area (Å²) in [6, 6.07) is 19.0. The van der Waals surface area contributed by atoms with Crippen LogP contribution < -0.4 is 10.5 Å². The van der Waals surface area contributed by atoms with E-state index in [0.29, 0.717) is 16.9 Å². The largest absolute Gasteiger partial charge is 0.322 e. The zero-order valence-electron chi connectivity index (χ0n) is 15.0. The van der Waals surface area contributed by atoms with E-state index in [4.69, 9.17) is 5.14 Å². The Kier molecular flexibility index (Phi) is 5.01. The molecule has 2 aromatic carbocycles. The SMILES string of the molecule is NS(=O)(=O)c1ccc(NC(=O)c2cn(-c3ccccc3)nc2-c2cccs2)cc1. The van der Waals surface area contributed by atoms with Crippen molar-refractivity contribution in [2.24, 2.45) is 5.14 Å². The summed E-state index contributed by atoms with van der Waals surface area (Å²) < 4.78 is 24.4. The molecule has 0 aliphatic carbocycles. The third kappa shape index (κ3) is 4.11. The van der Waals surface area contributed by atoms with Gasteiger partial charge in [-0.2, -0.15) is 5.10 Å². The van der Waals surface area contributed by atoms with Gasteiger partial charge in [-0.15, -0.1) is 11.3 Å². The number of amides is 1. The van der Waals surface area contributed by atoms with Crippen LogP contribution in [0.5, 0.6) is 0 Å². The molecule has 0 aliphatic heterocycles. The molecule has 0 unspecified atom stereocenters. The maximum Gasteiger partial charge on any atom is 0.259 e. The summed E-state index contributed by atoms with van der Waals surface area (Å²) >= 11 is 1.49. The van der Waals surface area contributed by atoms with Crippen LogP contribution in [0.2, 0.25) is 0 Å². The molecular formula is C20H16N4O3S2. The summed E-state index contributed by atoms with van der Waals surface area (Å²) in [5.74, 6) is -0.348. The van der Waals surface area contributed by atoms with Crippen LogP contribution in [0.3, 0.4) is 0 Å². The van der Waals surface area contributed by atoms with Crippen molar-refractivity contribution >= 4 is 33.0 Å². The van der Waals surface area contributed by atoms with Crippen molar-refractivity contribution < 1.29 is 13.2 Å². The molecular weight excluding hydrogens is 408 g/mol. The Morgan fingerprint density at radius 2 is 1.72 bits per heavy atom. The van der Waals surface area contributed by atoms with Crippen LogP contribution in [0.25, 0.3) is 16.3 Å². The van der Waals surface area contributed by atoms with Crippen molar-refractivity contribution in [3.05, 3.63) is 83.9 Å². The maximum absolute atomic E-state index is 13.0. The fraction of sp³-hybridized carbons (Fsp3) is 0. The molecule has 4 aromatic rings. The number of hydrogen-bond acceptors (Lipinski definition) is 5. The van der Waals surface area contributed by atoms with Gasteiger partial charge in [-0.1, -0.05) is 24.3 Å². The Labute approximate surface area is 171 Å². The molecule has 3 N–H and O–H groups in total. The highest BCUT2D eigenvalue weighted by Crippen LogP contribution is 2.28. The molecule has 9 heteroatoms. The number of aromatic nitrogens is 2. The second-order valence-corrected chi connectivity index (χ2v) is 8.68. The van der Waals surface area contributed by atoms with Gasteiger partial charge in [0.2, 0.25) is 10.0 Å². The summed E-state index contributed by atoms with van der Waals surface area (Å²) in [6.07, 6.45) is 1.68. The number of hydrogen-bond donors (Lipinski definition) is 2. The fourth-order valence-corrected chi connectivity index (χ4v) is 4.01. The van der Waals surface area contributed by atoms with Gasteiger partial charge >= 0.3 is 0 Å². The minimum Gasteiger partial charge on any atom is -0.322 e. The van der Waals surface area contributed by atoms with Crippen molar-refractivity contribution in [1.82, 2.24) is 9.78 Å². The first-order valence-corrected chi connectivity index (χ1v) is 11.0. The normalized spacial score (nSPS) is 11.3. The monoisotopic (exact) mass is 424 g/mol. The third-order valence-electron chi connectivity index (χ3n) is 4.17. The van der Waals surface area contributed by atoms with Crippen molar-refractivity contribution in [2.75, 3.05) is 5.32 Å². The van der Waals surface area contributed by atoms with Crippen molar-refractivity contribution in [1.29, 1.82) is 0 Å². The molecule has 146 valence electrons. The lowest BCUT2D eigenvalue weighted by Crippen LogP contribution is -2.14. The van der Waals surface area contributed by atoms with E-state index < -0.39 is 10.0 Å². The van der Waals surface area contributed by atoms with Crippen LogP contribution in [0.1, 0.15) is 10.4 Å². The lowest BCUT2D eigenvalue weighted by Gasteiger charge is -2.06. The zero-order chi connectivity index (χ0) is 20.4. The average molecular weight is 425 g/mol. The van der Waals surface area contributed by atoms with Crippen LogP contribution in [-0.2, 0) is 10.0 Å². The first kappa shape index (κ1) is 19.1. The lowest BCUT2D eigenvalue weighted by molar-refractivity contribution is 0.102. The van der Waals surface area contributed by atoms with E-state index in [-0.39, 0.29) is 10.8 Å². The molecule has 0 spiro atoms. The zero-order valence-corrected chi connectivity index (χ0v) is 16.7. The van der Waals surface area contributed by atoms with Crippen LogP contribution in [0, 0.1) is 0 Å². The molecule has 1 amide bonds. The Hall–Kier alpha value is -3.27. The molecule has 0 aliphatic rings. The number of carbonyl (C=O) groups excluding carboxylic acids is 1. The summed E-state index contributed by atoms with van der Waals surface area (Å²) in [4.78, 5) is 13.8. The minimum absolute atomic E-state index is 0.0216. The Bertz CT molecular complexity index is 1250. The molecule has 0 radical (unpaired) electrons. The summed E-state index contributed by atoms with van der Waals surface area (Å²) in [7, 11) is -3.79. The van der Waals surface area contributed by atoms with Crippen LogP contribution in [-0.4, -0.2) is 24.1 Å². The van der Waals surface area contributed by atoms with Gasteiger partial charge in [0.25, 0.3) is 5.91 Å². The highest BCUT2D eigenvalue weighted by atomic mass is 32.2. The predicted octanol–water partition coefficient (Wildman–Crippen LogP) is 3.50. The highest BCUT2D eigenvalue weighted by molar-refractivity contribution is 7.89. The number of sulfonamides is 1. The van der Waals surface area contributed by atoms with E-state index in [0.717, 1.165) is 10.6 Å². The number of carbonyl (C=O) groups is 1. The summed E-state index contributed by atoms with van der Waals surface area (Å²) in [6.45, 7) is 0. The van der Waals surface area contributed by atoms with Gasteiger partial charge in [-0.05, 0) is 47.8 Å². The molecule has 0 saturated carbocycles. The fourth-order valence-electron chi connectivity index (χ4n) is 2.77. The van der Waals surface area contributed by atoms with E-state index in [2.05, 4.69) is 10.4 Å². The third-order valence-corrected chi connectivity index (χ3v) is 5.98. The summed E-state index contributed by atoms with van der Waals surface area (Å²) in [5.41, 5.74) is 2.27. The average Bonchev–Trinajstić information content (AvgIpc) is 3.38. The first-order chi connectivity index (χ1) is 13.9. The molecule has 0 bridgehead atoms. The smallest absolute Gasteiger partial charge is 0.259 e. The Morgan fingerprint density at radius 3 is 2.34 bits per heavy atom. The molecule has 0 saturated heterocycles. The minimum atomic E-state index is -3.79. The predicted molar refractivity (Wildman–Crippen MR) is 113 cm³/mol. The van der Waals surface area contributed by atoms with Gasteiger partial charge in [-0.3, -0.25) is 4.79 Å². The van der Waals surface area contributed by atoms with Crippen LogP contribution in [0.4, 0.5) is 5.69 Å². The number of anilines is 1. The van der Waals surface area contributed by atoms with E-state index in [1.165, 1.54) is 35.6 Å². The molecule has 2 aromatic heterocycles. The quantitative estimate of drug-likeness (QED) is 0.511. The van der Waals surface area contributed by atoms with Gasteiger partial charge in [0.15, 0.2) is 0 Å². The van der Waals surface area contributed by atoms with Crippen molar-refractivity contribution in [2.45, 2.75) is 4.90 Å². The van der Waals surface area contributed by atoms with Gasteiger partial charge < -0.3 is 5.32 Å². The van der Waals surface area contributed by atoms with E-state index in [1.54, 1.807) is 10.9 Å². The number of rotatable bonds is 5. The molecule has 4 rings (SSSR count). The first-order valence-electron chi connectivity index (χ1n) is 8.55. The highest BCUT2D eigenvalue weighted by Gasteiger charge is 2.20. The van der Waals surface area contributed by atoms with Gasteiger partial charge in [0.1, 0.15) is 5.69 Å². The van der Waals surface area contributed by atoms with Crippen LogP contribution >= 0.6 is 11.3 Å². The molecule has 2 heterocycles. The van der Waals surface area contributed by atoms with Gasteiger partial charge in [0.05, 0.1) is 21.0 Å². The number of thiophene rings is 1. The number of nitrogens with two attached hydrogens (primary N) is 1. The Morgan fingerprint density at radius 1 is 1.00 bits per heavy atom. The van der Waals surface area contributed by atoms with E-state index >= 15 is 0 Å². The van der Waals surface area contributed by atoms with Gasteiger partial charge in [-0.25, -0.2) is 18.2 Å². The molecule has 29 heavy (non-hydrogen) atoms. The van der Waals surface area contributed by atoms with Gasteiger partial charge in [0, 0.05) is 11.9 Å². The lowest BCUT2D eigenvalue weighted by atomic mass is 10.2. The van der Waals surface area contributed by atoms with E-state index in [1.807, 2.05) is 47.8 Å². The van der Waals surface area contributed by atoms with E-state index in [9.17, 15) is 13.2 Å². The molecule has 0 atom stereocenters. The second-order valence-electron chi connectivity index (χ2n) is 6.17. The van der Waals surface area contributed by atoms with Crippen molar-refractivity contribution in [3.8, 4) is 16.3 Å². The number of primary sulfonamides is 1. The molecule has 7 nitrogen and oxygen atoms in total. The number of para-hydroxylation sites is 1. The standard InChI is InChI=1S/C20H16N4O3S2/c21-29(26,27)16-10-8-14(9-11-16)22-20(25)17-13-24(15-5-2-1-3-6-15)23-19(17)18-7-4-12-28-18/h1-13H,(H,22,25)(H2,21,26,27). The number of nitrogens with zero attached hydrogens (tertiary/aromatic N) is 2. The Balaban J connectivity index is 1.68. The number of nitrogens with one attached hydrogen (secondary N) is 1. The van der Waals surface area contributed by atoms with Crippen molar-refractivity contribution in [3.63, 3.8) is 0 Å². The number of benzene rings is 2. The van der Waals surface area contributed by atoms with Crippen LogP contribution in [0.15, 0.2) is 83.2 Å².